The van der Waals surface area contributed by atoms with Gasteiger partial charge >= 0.3 is 0 Å². The first kappa shape index (κ1) is 32.0. The minimum atomic E-state index is 0.445. The number of nitrogen functional groups attached to an aromatic ring is 1. The van der Waals surface area contributed by atoms with Crippen LogP contribution in [0.3, 0.4) is 0 Å². The number of alkyl halides is 1. The highest BCUT2D eigenvalue weighted by Gasteiger charge is 1.98. The lowest BCUT2D eigenvalue weighted by molar-refractivity contribution is -0.0233. The van der Waals surface area contributed by atoms with Gasteiger partial charge in [-0.25, -0.2) is 0 Å². The average molecular weight is 569 g/mol. The van der Waals surface area contributed by atoms with E-state index >= 15 is 0 Å². The van der Waals surface area contributed by atoms with Gasteiger partial charge in [0.2, 0.25) is 0 Å². The van der Waals surface area contributed by atoms with Crippen molar-refractivity contribution < 1.29 is 42.6 Å². The van der Waals surface area contributed by atoms with Gasteiger partial charge in [-0.05, 0) is 12.1 Å². The molecule has 0 saturated heterocycles. The summed E-state index contributed by atoms with van der Waals surface area (Å²) in [4.78, 5) is 0. The molecule has 0 bridgehead atoms. The molecule has 204 valence electrons. The number of hydrogen-bond donors (Lipinski definition) is 1. The summed E-state index contributed by atoms with van der Waals surface area (Å²) in [6, 6.07) is 7.38. The van der Waals surface area contributed by atoms with Crippen molar-refractivity contribution in [1.29, 1.82) is 0 Å². The zero-order valence-electron chi connectivity index (χ0n) is 20.7. The van der Waals surface area contributed by atoms with Crippen molar-refractivity contribution in [2.24, 2.45) is 0 Å². The molecule has 0 saturated carbocycles. The Bertz CT molecular complexity index is 572. The highest BCUT2D eigenvalue weighted by atomic mass is 79.9. The predicted octanol–water partition coefficient (Wildman–Crippen LogP) is 2.18. The summed E-state index contributed by atoms with van der Waals surface area (Å²) in [6.45, 7) is 9.10. The fourth-order valence-electron chi connectivity index (χ4n) is 2.52. The van der Waals surface area contributed by atoms with E-state index in [4.69, 9.17) is 48.4 Å². The van der Waals surface area contributed by atoms with Gasteiger partial charge in [0.05, 0.1) is 111 Å². The van der Waals surface area contributed by atoms with Crippen molar-refractivity contribution in [3.8, 4) is 5.75 Å². The molecule has 1 aromatic carbocycles. The SMILES string of the molecule is Nc1ccccc1OCCOCCOCCOCCOCCOCCOCCOCCOCCBr. The van der Waals surface area contributed by atoms with Crippen LogP contribution in [0.5, 0.6) is 5.75 Å². The van der Waals surface area contributed by atoms with Crippen LogP contribution in [0.4, 0.5) is 5.69 Å². The summed E-state index contributed by atoms with van der Waals surface area (Å²) in [5, 5.41) is 0.840. The normalized spacial score (nSPS) is 11.2. The van der Waals surface area contributed by atoms with Crippen LogP contribution in [0, 0.1) is 0 Å². The third-order valence-corrected chi connectivity index (χ3v) is 4.55. The molecule has 0 unspecified atom stereocenters. The standard InChI is InChI=1S/C24H42BrNO9/c25-5-6-27-7-8-28-9-10-29-11-12-30-13-14-31-15-16-32-17-18-33-19-20-34-21-22-35-24-4-2-1-3-23(24)26/h1-4H,5-22,26H2. The van der Waals surface area contributed by atoms with Crippen LogP contribution >= 0.6 is 15.9 Å². The summed E-state index contributed by atoms with van der Waals surface area (Å²) in [6.07, 6.45) is 0. The monoisotopic (exact) mass is 567 g/mol. The van der Waals surface area contributed by atoms with E-state index in [9.17, 15) is 0 Å². The van der Waals surface area contributed by atoms with Crippen molar-refractivity contribution in [2.45, 2.75) is 0 Å². The lowest BCUT2D eigenvalue weighted by Gasteiger charge is -2.09. The van der Waals surface area contributed by atoms with Gasteiger partial charge in [-0.15, -0.1) is 0 Å². The molecule has 10 nitrogen and oxygen atoms in total. The number of ether oxygens (including phenoxy) is 9. The molecule has 0 heterocycles. The summed E-state index contributed by atoms with van der Waals surface area (Å²) in [5.41, 5.74) is 6.42. The molecule has 0 radical (unpaired) electrons. The first-order chi connectivity index (χ1) is 17.3. The zero-order valence-corrected chi connectivity index (χ0v) is 22.3. The quantitative estimate of drug-likeness (QED) is 0.0964. The molecule has 1 aromatic rings. The average Bonchev–Trinajstić information content (AvgIpc) is 2.87. The van der Waals surface area contributed by atoms with Crippen molar-refractivity contribution >= 4 is 21.6 Å². The molecule has 0 aliphatic heterocycles. The second-order valence-corrected chi connectivity index (χ2v) is 7.77. The van der Waals surface area contributed by atoms with E-state index in [1.807, 2.05) is 18.2 Å². The maximum absolute atomic E-state index is 5.80. The van der Waals surface area contributed by atoms with Crippen LogP contribution in [0.2, 0.25) is 0 Å². The van der Waals surface area contributed by atoms with Crippen LogP contribution in [-0.2, 0) is 37.9 Å². The summed E-state index contributed by atoms with van der Waals surface area (Å²) in [5.74, 6) is 0.673. The fraction of sp³-hybridized carbons (Fsp3) is 0.750. The number of halogens is 1. The van der Waals surface area contributed by atoms with E-state index in [-0.39, 0.29) is 0 Å². The Hall–Kier alpha value is -1.02. The topological polar surface area (TPSA) is 109 Å². The van der Waals surface area contributed by atoms with Crippen LogP contribution in [-0.4, -0.2) is 118 Å². The number of rotatable bonds is 27. The first-order valence-corrected chi connectivity index (χ1v) is 13.1. The van der Waals surface area contributed by atoms with E-state index < -0.39 is 0 Å². The fourth-order valence-corrected chi connectivity index (χ4v) is 2.75. The number of para-hydroxylation sites is 2. The van der Waals surface area contributed by atoms with Gasteiger partial charge in [-0.1, -0.05) is 28.1 Å². The molecule has 0 fully saturated rings. The van der Waals surface area contributed by atoms with E-state index in [1.165, 1.54) is 0 Å². The molecule has 0 aliphatic rings. The zero-order chi connectivity index (χ0) is 25.1. The van der Waals surface area contributed by atoms with Crippen LogP contribution in [0.1, 0.15) is 0 Å². The third kappa shape index (κ3) is 21.9. The predicted molar refractivity (Wildman–Crippen MR) is 137 cm³/mol. The van der Waals surface area contributed by atoms with Crippen molar-refractivity contribution in [1.82, 2.24) is 0 Å². The smallest absolute Gasteiger partial charge is 0.142 e. The second-order valence-electron chi connectivity index (χ2n) is 6.97. The van der Waals surface area contributed by atoms with Gasteiger partial charge in [0.1, 0.15) is 12.4 Å². The molecule has 2 N–H and O–H groups in total. The number of anilines is 1. The maximum Gasteiger partial charge on any atom is 0.142 e. The van der Waals surface area contributed by atoms with E-state index in [2.05, 4.69) is 15.9 Å². The molecule has 0 aromatic heterocycles. The Morgan fingerprint density at radius 2 is 0.771 bits per heavy atom. The lowest BCUT2D eigenvalue weighted by Crippen LogP contribution is -2.15. The van der Waals surface area contributed by atoms with Gasteiger partial charge in [-0.3, -0.25) is 0 Å². The molecule has 0 aliphatic carbocycles. The molecule has 0 atom stereocenters. The van der Waals surface area contributed by atoms with E-state index in [1.54, 1.807) is 6.07 Å². The van der Waals surface area contributed by atoms with Gasteiger partial charge in [0.15, 0.2) is 0 Å². The highest BCUT2D eigenvalue weighted by molar-refractivity contribution is 9.09. The molecular weight excluding hydrogens is 526 g/mol. The Labute approximate surface area is 217 Å². The van der Waals surface area contributed by atoms with Gasteiger partial charge in [0, 0.05) is 5.33 Å². The largest absolute Gasteiger partial charge is 0.489 e. The number of benzene rings is 1. The second kappa shape index (κ2) is 26.1. The lowest BCUT2D eigenvalue weighted by atomic mass is 10.3. The Balaban J connectivity index is 1.66. The summed E-state index contributed by atoms with van der Waals surface area (Å²) in [7, 11) is 0. The van der Waals surface area contributed by atoms with Crippen molar-refractivity contribution in [2.75, 3.05) is 123 Å². The van der Waals surface area contributed by atoms with Crippen molar-refractivity contribution in [3.63, 3.8) is 0 Å². The van der Waals surface area contributed by atoms with Gasteiger partial charge in [-0.2, -0.15) is 0 Å². The van der Waals surface area contributed by atoms with Crippen LogP contribution < -0.4 is 10.5 Å². The molecule has 11 heteroatoms. The summed E-state index contributed by atoms with van der Waals surface area (Å²) < 4.78 is 48.9. The summed E-state index contributed by atoms with van der Waals surface area (Å²) >= 11 is 3.30. The van der Waals surface area contributed by atoms with E-state index in [0.717, 1.165) is 5.33 Å². The van der Waals surface area contributed by atoms with Crippen LogP contribution in [0.15, 0.2) is 24.3 Å². The number of hydrogen-bond acceptors (Lipinski definition) is 10. The Morgan fingerprint density at radius 1 is 0.457 bits per heavy atom. The molecule has 35 heavy (non-hydrogen) atoms. The molecule has 0 spiro atoms. The van der Waals surface area contributed by atoms with Gasteiger partial charge < -0.3 is 48.4 Å². The minimum Gasteiger partial charge on any atom is -0.489 e. The maximum atomic E-state index is 5.80. The van der Waals surface area contributed by atoms with Crippen LogP contribution in [0.25, 0.3) is 0 Å². The third-order valence-electron chi connectivity index (χ3n) is 4.23. The minimum absolute atomic E-state index is 0.445. The highest BCUT2D eigenvalue weighted by Crippen LogP contribution is 2.19. The Morgan fingerprint density at radius 3 is 1.11 bits per heavy atom. The molecular formula is C24H42BrNO9. The van der Waals surface area contributed by atoms with E-state index in [0.29, 0.717) is 124 Å². The van der Waals surface area contributed by atoms with Crippen molar-refractivity contribution in [3.05, 3.63) is 24.3 Å². The molecule has 0 amide bonds. The first-order valence-electron chi connectivity index (χ1n) is 12.0. The molecule has 1 rings (SSSR count). The van der Waals surface area contributed by atoms with Gasteiger partial charge in [0.25, 0.3) is 0 Å². The number of nitrogens with two attached hydrogens (primary N) is 1. The Kier molecular flexibility index (Phi) is 23.8.